The van der Waals surface area contributed by atoms with Gasteiger partial charge in [-0.2, -0.15) is 13.2 Å². The Morgan fingerprint density at radius 2 is 1.76 bits per heavy atom. The normalized spacial score (nSPS) is 17.6. The zero-order chi connectivity index (χ0) is 14.0. The van der Waals surface area contributed by atoms with Crippen LogP contribution in [0.2, 0.25) is 5.02 Å². The van der Waals surface area contributed by atoms with Gasteiger partial charge in [-0.25, -0.2) is 0 Å². The molecule has 122 valence electrons. The summed E-state index contributed by atoms with van der Waals surface area (Å²) in [4.78, 5) is 2.23. The van der Waals surface area contributed by atoms with Gasteiger partial charge in [0.25, 0.3) is 0 Å². The third-order valence-corrected chi connectivity index (χ3v) is 3.79. The summed E-state index contributed by atoms with van der Waals surface area (Å²) < 4.78 is 37.9. The Hall–Kier alpha value is -0.200. The van der Waals surface area contributed by atoms with Crippen LogP contribution >= 0.6 is 36.4 Å². The van der Waals surface area contributed by atoms with Gasteiger partial charge in [-0.05, 0) is 24.6 Å². The van der Waals surface area contributed by atoms with E-state index < -0.39 is 11.7 Å². The molecule has 0 aromatic heterocycles. The minimum atomic E-state index is -4.39. The first-order valence-electron chi connectivity index (χ1n) is 6.21. The first kappa shape index (κ1) is 20.8. The summed E-state index contributed by atoms with van der Waals surface area (Å²) in [5.74, 6) is 0. The predicted octanol–water partition coefficient (Wildman–Crippen LogP) is 4.17. The molecule has 0 saturated carbocycles. The molecule has 1 aromatic rings. The lowest BCUT2D eigenvalue weighted by atomic mass is 10.0. The SMILES string of the molecule is C[C@@H](c1ccc(C(F)(F)F)c(Cl)c1)N1CCNCC1.Cl.Cl. The highest BCUT2D eigenvalue weighted by Gasteiger charge is 2.33. The molecule has 1 heterocycles. The fourth-order valence-electron chi connectivity index (χ4n) is 2.30. The molecule has 0 spiro atoms. The van der Waals surface area contributed by atoms with E-state index >= 15 is 0 Å². The molecule has 2 rings (SSSR count). The van der Waals surface area contributed by atoms with Crippen LogP contribution in [-0.4, -0.2) is 31.1 Å². The van der Waals surface area contributed by atoms with E-state index in [1.165, 1.54) is 12.1 Å². The van der Waals surface area contributed by atoms with Gasteiger partial charge in [-0.15, -0.1) is 24.8 Å². The van der Waals surface area contributed by atoms with Crippen molar-refractivity contribution in [1.29, 1.82) is 0 Å². The van der Waals surface area contributed by atoms with Gasteiger partial charge in [0.15, 0.2) is 0 Å². The Labute approximate surface area is 139 Å². The molecule has 0 radical (unpaired) electrons. The van der Waals surface area contributed by atoms with E-state index in [0.29, 0.717) is 0 Å². The maximum absolute atomic E-state index is 12.6. The smallest absolute Gasteiger partial charge is 0.314 e. The summed E-state index contributed by atoms with van der Waals surface area (Å²) in [6.07, 6.45) is -4.39. The molecular formula is C13H18Cl3F3N2. The quantitative estimate of drug-likeness (QED) is 0.846. The maximum atomic E-state index is 12.6. The van der Waals surface area contributed by atoms with Crippen LogP contribution < -0.4 is 5.32 Å². The molecule has 1 N–H and O–H groups in total. The first-order chi connectivity index (χ1) is 8.89. The van der Waals surface area contributed by atoms with Gasteiger partial charge in [0.05, 0.1) is 10.6 Å². The van der Waals surface area contributed by atoms with Crippen molar-refractivity contribution in [3.8, 4) is 0 Å². The van der Waals surface area contributed by atoms with Crippen LogP contribution in [0.25, 0.3) is 0 Å². The molecule has 2 nitrogen and oxygen atoms in total. The summed E-state index contributed by atoms with van der Waals surface area (Å²) in [6.45, 7) is 5.57. The molecule has 1 aliphatic heterocycles. The summed E-state index contributed by atoms with van der Waals surface area (Å²) in [6, 6.07) is 4.08. The van der Waals surface area contributed by atoms with Crippen LogP contribution in [0.15, 0.2) is 18.2 Å². The Morgan fingerprint density at radius 3 is 2.24 bits per heavy atom. The van der Waals surface area contributed by atoms with Crippen molar-refractivity contribution >= 4 is 36.4 Å². The molecule has 0 unspecified atom stereocenters. The van der Waals surface area contributed by atoms with Crippen molar-refractivity contribution in [2.24, 2.45) is 0 Å². The second kappa shape index (κ2) is 8.44. The predicted molar refractivity (Wildman–Crippen MR) is 83.8 cm³/mol. The summed E-state index contributed by atoms with van der Waals surface area (Å²) in [7, 11) is 0. The minimum Gasteiger partial charge on any atom is -0.314 e. The molecule has 1 aliphatic rings. The molecule has 0 aliphatic carbocycles. The van der Waals surface area contributed by atoms with Crippen molar-refractivity contribution < 1.29 is 13.2 Å². The third-order valence-electron chi connectivity index (χ3n) is 3.48. The number of halogens is 6. The second-order valence-electron chi connectivity index (χ2n) is 4.70. The van der Waals surface area contributed by atoms with Crippen LogP contribution in [0, 0.1) is 0 Å². The van der Waals surface area contributed by atoms with Crippen molar-refractivity contribution in [2.45, 2.75) is 19.1 Å². The van der Waals surface area contributed by atoms with Crippen LogP contribution in [0.4, 0.5) is 13.2 Å². The zero-order valence-electron chi connectivity index (χ0n) is 11.4. The molecule has 1 atom stereocenters. The van der Waals surface area contributed by atoms with Gasteiger partial charge in [-0.1, -0.05) is 17.7 Å². The fraction of sp³-hybridized carbons (Fsp3) is 0.538. The monoisotopic (exact) mass is 364 g/mol. The average molecular weight is 366 g/mol. The van der Waals surface area contributed by atoms with Crippen molar-refractivity contribution in [3.63, 3.8) is 0 Å². The highest BCUT2D eigenvalue weighted by Crippen LogP contribution is 2.36. The van der Waals surface area contributed by atoms with E-state index in [2.05, 4.69) is 10.2 Å². The molecule has 1 saturated heterocycles. The van der Waals surface area contributed by atoms with Crippen LogP contribution in [0.3, 0.4) is 0 Å². The Kier molecular flexibility index (Phi) is 8.36. The van der Waals surface area contributed by atoms with Gasteiger partial charge in [-0.3, -0.25) is 4.90 Å². The Balaban J connectivity index is 0.00000200. The van der Waals surface area contributed by atoms with Gasteiger partial charge in [0.2, 0.25) is 0 Å². The average Bonchev–Trinajstić information content (AvgIpc) is 2.37. The molecule has 1 fully saturated rings. The second-order valence-corrected chi connectivity index (χ2v) is 5.11. The highest BCUT2D eigenvalue weighted by molar-refractivity contribution is 6.31. The third kappa shape index (κ3) is 5.18. The molecule has 1 aromatic carbocycles. The van der Waals surface area contributed by atoms with E-state index in [9.17, 15) is 13.2 Å². The number of nitrogens with zero attached hydrogens (tertiary/aromatic N) is 1. The van der Waals surface area contributed by atoms with Crippen molar-refractivity contribution in [1.82, 2.24) is 10.2 Å². The van der Waals surface area contributed by atoms with Crippen LogP contribution in [0.5, 0.6) is 0 Å². The number of benzene rings is 1. The van der Waals surface area contributed by atoms with E-state index in [1.54, 1.807) is 0 Å². The summed E-state index contributed by atoms with van der Waals surface area (Å²) in [5.41, 5.74) is 0.0466. The molecular weight excluding hydrogens is 348 g/mol. The largest absolute Gasteiger partial charge is 0.417 e. The number of nitrogens with one attached hydrogen (secondary N) is 1. The van der Waals surface area contributed by atoms with Crippen LogP contribution in [-0.2, 0) is 6.18 Å². The van der Waals surface area contributed by atoms with Crippen molar-refractivity contribution in [2.75, 3.05) is 26.2 Å². The summed E-state index contributed by atoms with van der Waals surface area (Å²) >= 11 is 5.75. The van der Waals surface area contributed by atoms with Crippen molar-refractivity contribution in [3.05, 3.63) is 34.3 Å². The number of piperazine rings is 1. The molecule has 0 bridgehead atoms. The molecule has 8 heteroatoms. The number of alkyl halides is 3. The standard InChI is InChI=1S/C13H16ClF3N2.2ClH/c1-9(19-6-4-18-5-7-19)10-2-3-11(12(14)8-10)13(15,16)17;;/h2-3,8-9,18H,4-7H2,1H3;2*1H/t9-;;/m0../s1. The lowest BCUT2D eigenvalue weighted by Gasteiger charge is -2.33. The fourth-order valence-corrected chi connectivity index (χ4v) is 2.60. The van der Waals surface area contributed by atoms with Gasteiger partial charge in [0, 0.05) is 32.2 Å². The van der Waals surface area contributed by atoms with E-state index in [4.69, 9.17) is 11.6 Å². The van der Waals surface area contributed by atoms with E-state index in [0.717, 1.165) is 37.8 Å². The molecule has 0 amide bonds. The van der Waals surface area contributed by atoms with Gasteiger partial charge < -0.3 is 5.32 Å². The Morgan fingerprint density at radius 1 is 1.19 bits per heavy atom. The highest BCUT2D eigenvalue weighted by atomic mass is 35.5. The van der Waals surface area contributed by atoms with Gasteiger partial charge >= 0.3 is 6.18 Å². The topological polar surface area (TPSA) is 15.3 Å². The molecule has 21 heavy (non-hydrogen) atoms. The minimum absolute atomic E-state index is 0. The lowest BCUT2D eigenvalue weighted by molar-refractivity contribution is -0.137. The zero-order valence-corrected chi connectivity index (χ0v) is 13.8. The van der Waals surface area contributed by atoms with E-state index in [1.807, 2.05) is 6.92 Å². The summed E-state index contributed by atoms with van der Waals surface area (Å²) in [5, 5.41) is 3.02. The maximum Gasteiger partial charge on any atom is 0.417 e. The first-order valence-corrected chi connectivity index (χ1v) is 6.59. The number of hydrogen-bond donors (Lipinski definition) is 1. The number of hydrogen-bond acceptors (Lipinski definition) is 2. The Bertz CT molecular complexity index is 449. The van der Waals surface area contributed by atoms with Crippen LogP contribution in [0.1, 0.15) is 24.1 Å². The van der Waals surface area contributed by atoms with E-state index in [-0.39, 0.29) is 35.9 Å². The number of rotatable bonds is 2. The lowest BCUT2D eigenvalue weighted by Crippen LogP contribution is -2.44. The van der Waals surface area contributed by atoms with Gasteiger partial charge in [0.1, 0.15) is 0 Å².